The second-order valence-corrected chi connectivity index (χ2v) is 7.96. The van der Waals surface area contributed by atoms with Gasteiger partial charge in [-0.1, -0.05) is 20.8 Å². The van der Waals surface area contributed by atoms with Crippen molar-refractivity contribution in [1.82, 2.24) is 15.1 Å². The van der Waals surface area contributed by atoms with Gasteiger partial charge >= 0.3 is 0 Å². The molecule has 1 aliphatic heterocycles. The predicted molar refractivity (Wildman–Crippen MR) is 87.1 cm³/mol. The van der Waals surface area contributed by atoms with Crippen LogP contribution in [0, 0.1) is 17.3 Å². The zero-order chi connectivity index (χ0) is 14.8. The van der Waals surface area contributed by atoms with Gasteiger partial charge in [-0.15, -0.1) is 0 Å². The van der Waals surface area contributed by atoms with Crippen LogP contribution in [0.5, 0.6) is 0 Å². The Bertz CT molecular complexity index is 303. The molecule has 1 saturated heterocycles. The Hall–Kier alpha value is -0.120. The van der Waals surface area contributed by atoms with Crippen LogP contribution in [0.1, 0.15) is 40.0 Å². The third-order valence-electron chi connectivity index (χ3n) is 5.50. The van der Waals surface area contributed by atoms with E-state index >= 15 is 0 Å². The Labute approximate surface area is 126 Å². The van der Waals surface area contributed by atoms with Gasteiger partial charge in [-0.3, -0.25) is 0 Å². The molecular formula is C17H35N3. The molecule has 3 heteroatoms. The van der Waals surface area contributed by atoms with Gasteiger partial charge in [0.05, 0.1) is 0 Å². The Morgan fingerprint density at radius 2 is 2.00 bits per heavy atom. The number of hydrogen-bond donors (Lipinski definition) is 1. The first-order valence-electron chi connectivity index (χ1n) is 8.53. The van der Waals surface area contributed by atoms with E-state index < -0.39 is 0 Å². The van der Waals surface area contributed by atoms with Gasteiger partial charge in [0.25, 0.3) is 0 Å². The first kappa shape index (κ1) is 16.3. The first-order valence-corrected chi connectivity index (χ1v) is 8.53. The van der Waals surface area contributed by atoms with E-state index in [9.17, 15) is 0 Å². The van der Waals surface area contributed by atoms with Gasteiger partial charge in [-0.05, 0) is 63.7 Å². The summed E-state index contributed by atoms with van der Waals surface area (Å²) in [5.41, 5.74) is 0.467. The second-order valence-electron chi connectivity index (χ2n) is 7.96. The van der Waals surface area contributed by atoms with E-state index in [4.69, 9.17) is 0 Å². The van der Waals surface area contributed by atoms with Crippen molar-refractivity contribution in [1.29, 1.82) is 0 Å². The highest BCUT2D eigenvalue weighted by atomic mass is 15.2. The van der Waals surface area contributed by atoms with Crippen LogP contribution in [0.25, 0.3) is 0 Å². The fraction of sp³-hybridized carbons (Fsp3) is 1.00. The normalized spacial score (nSPS) is 34.2. The van der Waals surface area contributed by atoms with Gasteiger partial charge in [0, 0.05) is 25.7 Å². The molecule has 3 nitrogen and oxygen atoms in total. The van der Waals surface area contributed by atoms with Crippen molar-refractivity contribution in [3.8, 4) is 0 Å². The predicted octanol–water partition coefficient (Wildman–Crippen LogP) is 2.28. The first-order chi connectivity index (χ1) is 9.42. The topological polar surface area (TPSA) is 18.5 Å². The molecule has 2 aliphatic rings. The van der Waals surface area contributed by atoms with Crippen molar-refractivity contribution in [2.24, 2.45) is 17.3 Å². The molecule has 20 heavy (non-hydrogen) atoms. The Morgan fingerprint density at radius 3 is 2.60 bits per heavy atom. The Morgan fingerprint density at radius 1 is 1.25 bits per heavy atom. The van der Waals surface area contributed by atoms with Crippen molar-refractivity contribution < 1.29 is 0 Å². The summed E-state index contributed by atoms with van der Waals surface area (Å²) in [6.07, 6.45) is 4.14. The van der Waals surface area contributed by atoms with Crippen molar-refractivity contribution >= 4 is 0 Å². The summed E-state index contributed by atoms with van der Waals surface area (Å²) in [7, 11) is 4.58. The van der Waals surface area contributed by atoms with Gasteiger partial charge in [-0.25, -0.2) is 0 Å². The second kappa shape index (κ2) is 6.76. The van der Waals surface area contributed by atoms with Crippen LogP contribution < -0.4 is 5.32 Å². The van der Waals surface area contributed by atoms with Gasteiger partial charge in [0.1, 0.15) is 0 Å². The largest absolute Gasteiger partial charge is 0.313 e. The van der Waals surface area contributed by atoms with Crippen molar-refractivity contribution in [3.05, 3.63) is 0 Å². The summed E-state index contributed by atoms with van der Waals surface area (Å²) >= 11 is 0. The van der Waals surface area contributed by atoms with E-state index in [-0.39, 0.29) is 0 Å². The maximum absolute atomic E-state index is 3.76. The molecule has 1 saturated carbocycles. The molecule has 0 aromatic heterocycles. The molecule has 0 aromatic rings. The lowest BCUT2D eigenvalue weighted by Crippen LogP contribution is -2.45. The number of rotatable bonds is 6. The molecule has 1 aliphatic carbocycles. The molecule has 3 atom stereocenters. The van der Waals surface area contributed by atoms with E-state index in [2.05, 4.69) is 50.0 Å². The zero-order valence-electron chi connectivity index (χ0n) is 14.3. The molecule has 0 spiro atoms. The maximum Gasteiger partial charge on any atom is 0.0159 e. The number of hydrogen-bond acceptors (Lipinski definition) is 3. The van der Waals surface area contributed by atoms with E-state index in [0.29, 0.717) is 11.5 Å². The summed E-state index contributed by atoms with van der Waals surface area (Å²) in [5.74, 6) is 1.71. The molecule has 1 heterocycles. The highest BCUT2D eigenvalue weighted by molar-refractivity contribution is 4.97. The lowest BCUT2D eigenvalue weighted by molar-refractivity contribution is 0.190. The number of nitrogens with one attached hydrogen (secondary N) is 1. The molecule has 0 radical (unpaired) electrons. The number of likely N-dealkylation sites (tertiary alicyclic amines) is 1. The summed E-state index contributed by atoms with van der Waals surface area (Å²) in [6, 6.07) is 0.696. The van der Waals surface area contributed by atoms with E-state index in [1.165, 1.54) is 45.4 Å². The molecule has 3 unspecified atom stereocenters. The molecule has 0 aromatic carbocycles. The van der Waals surface area contributed by atoms with Crippen molar-refractivity contribution in [2.45, 2.75) is 46.1 Å². The van der Waals surface area contributed by atoms with Gasteiger partial charge in [0.2, 0.25) is 0 Å². The molecule has 1 N–H and O–H groups in total. The third-order valence-corrected chi connectivity index (χ3v) is 5.50. The third kappa shape index (κ3) is 3.96. The minimum absolute atomic E-state index is 0.467. The molecule has 0 bridgehead atoms. The van der Waals surface area contributed by atoms with Crippen LogP contribution >= 0.6 is 0 Å². The lowest BCUT2D eigenvalue weighted by atomic mass is 9.84. The lowest BCUT2D eigenvalue weighted by Gasteiger charge is -2.34. The highest BCUT2D eigenvalue weighted by Crippen LogP contribution is 2.41. The van der Waals surface area contributed by atoms with Gasteiger partial charge < -0.3 is 15.1 Å². The van der Waals surface area contributed by atoms with Crippen LogP contribution in [-0.4, -0.2) is 62.7 Å². The molecule has 118 valence electrons. The summed E-state index contributed by atoms with van der Waals surface area (Å²) in [5, 5.41) is 3.76. The van der Waals surface area contributed by atoms with Crippen LogP contribution in [-0.2, 0) is 0 Å². The minimum atomic E-state index is 0.467. The number of nitrogens with zero attached hydrogens (tertiary/aromatic N) is 2. The van der Waals surface area contributed by atoms with Crippen molar-refractivity contribution in [3.63, 3.8) is 0 Å². The summed E-state index contributed by atoms with van der Waals surface area (Å²) in [6.45, 7) is 13.3. The molecular weight excluding hydrogens is 246 g/mol. The van der Waals surface area contributed by atoms with Crippen LogP contribution in [0.3, 0.4) is 0 Å². The maximum atomic E-state index is 3.76. The van der Waals surface area contributed by atoms with Crippen molar-refractivity contribution in [2.75, 3.05) is 46.8 Å². The Balaban J connectivity index is 1.82. The fourth-order valence-corrected chi connectivity index (χ4v) is 4.47. The zero-order valence-corrected chi connectivity index (χ0v) is 14.3. The smallest absolute Gasteiger partial charge is 0.0159 e. The minimum Gasteiger partial charge on any atom is -0.313 e. The Kier molecular flexibility index (Phi) is 5.49. The van der Waals surface area contributed by atoms with E-state index in [1.54, 1.807) is 0 Å². The van der Waals surface area contributed by atoms with Gasteiger partial charge in [0.15, 0.2) is 0 Å². The highest BCUT2D eigenvalue weighted by Gasteiger charge is 2.41. The van der Waals surface area contributed by atoms with E-state index in [1.807, 2.05) is 0 Å². The summed E-state index contributed by atoms with van der Waals surface area (Å²) in [4.78, 5) is 5.07. The standard InChI is InChI=1S/C17H35N3/c1-6-18-16-15(7-9-17(16,2)3)13-20(5)12-14-8-10-19(4)11-14/h14-16,18H,6-13H2,1-5H3. The molecule has 2 rings (SSSR count). The SMILES string of the molecule is CCNC1C(CN(C)CC2CCN(C)C2)CCC1(C)C. The fourth-order valence-electron chi connectivity index (χ4n) is 4.47. The van der Waals surface area contributed by atoms with Crippen LogP contribution in [0.15, 0.2) is 0 Å². The van der Waals surface area contributed by atoms with E-state index in [0.717, 1.165) is 18.4 Å². The monoisotopic (exact) mass is 281 g/mol. The summed E-state index contributed by atoms with van der Waals surface area (Å²) < 4.78 is 0. The molecule has 0 amide bonds. The van der Waals surface area contributed by atoms with Crippen LogP contribution in [0.4, 0.5) is 0 Å². The average Bonchev–Trinajstić information content (AvgIpc) is 2.87. The quantitative estimate of drug-likeness (QED) is 0.806. The van der Waals surface area contributed by atoms with Gasteiger partial charge in [-0.2, -0.15) is 0 Å². The average molecular weight is 281 g/mol. The molecule has 2 fully saturated rings. The van der Waals surface area contributed by atoms with Crippen LogP contribution in [0.2, 0.25) is 0 Å².